The molecule has 0 N–H and O–H groups in total. The summed E-state index contributed by atoms with van der Waals surface area (Å²) >= 11 is 0. The fourth-order valence-electron chi connectivity index (χ4n) is 3.52. The maximum atomic E-state index is 12.5. The molecule has 0 aromatic heterocycles. The molecular weight excluding hydrogens is 367 g/mol. The lowest BCUT2D eigenvalue weighted by molar-refractivity contribution is 0.201. The van der Waals surface area contributed by atoms with Crippen molar-refractivity contribution >= 4 is 7.60 Å². The Morgan fingerprint density at radius 3 is 1.25 bits per heavy atom. The van der Waals surface area contributed by atoms with Crippen molar-refractivity contribution in [2.24, 2.45) is 0 Å². The standard InChI is InChI=1S/C24H51O3P/c1-4-7-8-9-10-11-12-13-14-15-16-17-18-19-20-21-23-27-28(25,24-6-3)26-22-5-2/h4-24H2,1-3H3. The van der Waals surface area contributed by atoms with Gasteiger partial charge in [0.2, 0.25) is 0 Å². The fourth-order valence-corrected chi connectivity index (χ4v) is 5.27. The molecule has 0 radical (unpaired) electrons. The Morgan fingerprint density at radius 2 is 0.857 bits per heavy atom. The van der Waals surface area contributed by atoms with Crippen molar-refractivity contribution in [1.82, 2.24) is 0 Å². The zero-order chi connectivity index (χ0) is 20.8. The van der Waals surface area contributed by atoms with E-state index >= 15 is 0 Å². The maximum absolute atomic E-state index is 12.5. The Hall–Kier alpha value is 0.150. The fraction of sp³-hybridized carbons (Fsp3) is 1.00. The van der Waals surface area contributed by atoms with Gasteiger partial charge in [0.05, 0.1) is 13.2 Å². The van der Waals surface area contributed by atoms with Crippen LogP contribution >= 0.6 is 7.60 Å². The van der Waals surface area contributed by atoms with E-state index in [0.717, 1.165) is 19.3 Å². The van der Waals surface area contributed by atoms with Crippen LogP contribution in [0.3, 0.4) is 0 Å². The Balaban J connectivity index is 3.31. The third-order valence-electron chi connectivity index (χ3n) is 5.28. The van der Waals surface area contributed by atoms with E-state index < -0.39 is 7.60 Å². The molecule has 3 nitrogen and oxygen atoms in total. The van der Waals surface area contributed by atoms with E-state index in [-0.39, 0.29) is 0 Å². The summed E-state index contributed by atoms with van der Waals surface area (Å²) in [5, 5.41) is 0. The van der Waals surface area contributed by atoms with Gasteiger partial charge in [0.15, 0.2) is 0 Å². The molecule has 0 saturated carbocycles. The van der Waals surface area contributed by atoms with E-state index in [9.17, 15) is 4.57 Å². The summed E-state index contributed by atoms with van der Waals surface area (Å²) in [6.07, 6.45) is 24.1. The topological polar surface area (TPSA) is 35.5 Å². The molecule has 0 aliphatic rings. The van der Waals surface area contributed by atoms with Gasteiger partial charge in [-0.2, -0.15) is 0 Å². The minimum atomic E-state index is -2.83. The van der Waals surface area contributed by atoms with Crippen molar-refractivity contribution in [3.05, 3.63) is 0 Å². The summed E-state index contributed by atoms with van der Waals surface area (Å²) in [6.45, 7) is 7.47. The molecule has 0 spiro atoms. The lowest BCUT2D eigenvalue weighted by atomic mass is 10.0. The smallest absolute Gasteiger partial charge is 0.309 e. The summed E-state index contributed by atoms with van der Waals surface area (Å²) in [7, 11) is -2.83. The molecule has 0 aliphatic carbocycles. The van der Waals surface area contributed by atoms with E-state index in [2.05, 4.69) is 6.92 Å². The van der Waals surface area contributed by atoms with Gasteiger partial charge < -0.3 is 9.05 Å². The monoisotopic (exact) mass is 418 g/mol. The molecule has 170 valence electrons. The van der Waals surface area contributed by atoms with E-state index in [1.54, 1.807) is 0 Å². The second-order valence-corrected chi connectivity index (χ2v) is 10.5. The highest BCUT2D eigenvalue weighted by Crippen LogP contribution is 2.48. The summed E-state index contributed by atoms with van der Waals surface area (Å²) in [6, 6.07) is 0. The van der Waals surface area contributed by atoms with Gasteiger partial charge in [-0.25, -0.2) is 0 Å². The van der Waals surface area contributed by atoms with E-state index in [0.29, 0.717) is 19.4 Å². The minimum absolute atomic E-state index is 0.538. The highest BCUT2D eigenvalue weighted by molar-refractivity contribution is 7.53. The molecule has 0 fully saturated rings. The summed E-state index contributed by atoms with van der Waals surface area (Å²) in [5.41, 5.74) is 0. The van der Waals surface area contributed by atoms with Crippen LogP contribution in [0.15, 0.2) is 0 Å². The zero-order valence-electron chi connectivity index (χ0n) is 19.5. The lowest BCUT2D eigenvalue weighted by Crippen LogP contribution is -2.02. The molecule has 0 heterocycles. The van der Waals surface area contributed by atoms with Crippen LogP contribution in [0.5, 0.6) is 0 Å². The molecule has 1 atom stereocenters. The van der Waals surface area contributed by atoms with Gasteiger partial charge in [0, 0.05) is 6.16 Å². The van der Waals surface area contributed by atoms with Crippen molar-refractivity contribution < 1.29 is 13.6 Å². The second-order valence-electron chi connectivity index (χ2n) is 8.30. The van der Waals surface area contributed by atoms with Crippen molar-refractivity contribution in [3.8, 4) is 0 Å². The average Bonchev–Trinajstić information content (AvgIpc) is 2.69. The van der Waals surface area contributed by atoms with Crippen LogP contribution in [-0.2, 0) is 13.6 Å². The van der Waals surface area contributed by atoms with Crippen LogP contribution in [0.25, 0.3) is 0 Å². The number of rotatable bonds is 23. The van der Waals surface area contributed by atoms with E-state index in [1.165, 1.54) is 96.3 Å². The SMILES string of the molecule is CCCCCCCCCCCCCCCCCCOP(=O)(CCC)OCCC. The van der Waals surface area contributed by atoms with E-state index in [4.69, 9.17) is 9.05 Å². The molecule has 0 bridgehead atoms. The number of hydrogen-bond donors (Lipinski definition) is 0. The van der Waals surface area contributed by atoms with Gasteiger partial charge in [-0.05, 0) is 19.3 Å². The summed E-state index contributed by atoms with van der Waals surface area (Å²) < 4.78 is 23.6. The van der Waals surface area contributed by atoms with Crippen LogP contribution in [0.2, 0.25) is 0 Å². The lowest BCUT2D eigenvalue weighted by Gasteiger charge is -2.17. The molecule has 0 amide bonds. The molecular formula is C24H51O3P. The molecule has 0 aliphatic heterocycles. The molecule has 4 heteroatoms. The highest BCUT2D eigenvalue weighted by Gasteiger charge is 2.22. The van der Waals surface area contributed by atoms with Crippen LogP contribution in [0.1, 0.15) is 136 Å². The molecule has 1 unspecified atom stereocenters. The first-order valence-electron chi connectivity index (χ1n) is 12.6. The van der Waals surface area contributed by atoms with Crippen molar-refractivity contribution in [2.75, 3.05) is 19.4 Å². The molecule has 0 rings (SSSR count). The van der Waals surface area contributed by atoms with Crippen molar-refractivity contribution in [1.29, 1.82) is 0 Å². The van der Waals surface area contributed by atoms with Gasteiger partial charge in [-0.15, -0.1) is 0 Å². The van der Waals surface area contributed by atoms with Gasteiger partial charge in [-0.3, -0.25) is 4.57 Å². The number of hydrogen-bond acceptors (Lipinski definition) is 3. The molecule has 0 aromatic rings. The Kier molecular flexibility index (Phi) is 22.0. The van der Waals surface area contributed by atoms with E-state index in [1.807, 2.05) is 13.8 Å². The maximum Gasteiger partial charge on any atom is 0.330 e. The van der Waals surface area contributed by atoms with Gasteiger partial charge in [0.1, 0.15) is 0 Å². The quantitative estimate of drug-likeness (QED) is 0.122. The Morgan fingerprint density at radius 1 is 0.464 bits per heavy atom. The van der Waals surface area contributed by atoms with Crippen molar-refractivity contribution in [2.45, 2.75) is 136 Å². The third-order valence-corrected chi connectivity index (χ3v) is 7.42. The van der Waals surface area contributed by atoms with Crippen LogP contribution in [0, 0.1) is 0 Å². The van der Waals surface area contributed by atoms with Crippen LogP contribution in [0.4, 0.5) is 0 Å². The normalized spacial score (nSPS) is 13.7. The van der Waals surface area contributed by atoms with Crippen LogP contribution in [-0.4, -0.2) is 19.4 Å². The first kappa shape index (κ1) is 28.1. The van der Waals surface area contributed by atoms with Crippen molar-refractivity contribution in [3.63, 3.8) is 0 Å². The summed E-state index contributed by atoms with van der Waals surface area (Å²) in [5.74, 6) is 0. The van der Waals surface area contributed by atoms with Gasteiger partial charge in [0.25, 0.3) is 0 Å². The first-order chi connectivity index (χ1) is 13.7. The Labute approximate surface area is 177 Å². The Bertz CT molecular complexity index is 347. The highest BCUT2D eigenvalue weighted by atomic mass is 31.2. The van der Waals surface area contributed by atoms with Gasteiger partial charge in [-0.1, -0.05) is 117 Å². The second kappa shape index (κ2) is 21.8. The summed E-state index contributed by atoms with van der Waals surface area (Å²) in [4.78, 5) is 0. The molecule has 0 aromatic carbocycles. The largest absolute Gasteiger partial charge is 0.330 e. The predicted octanol–water partition coefficient (Wildman–Crippen LogP) is 9.29. The van der Waals surface area contributed by atoms with Crippen LogP contribution < -0.4 is 0 Å². The third kappa shape index (κ3) is 19.5. The predicted molar refractivity (Wildman–Crippen MR) is 125 cm³/mol. The molecule has 0 saturated heterocycles. The van der Waals surface area contributed by atoms with Gasteiger partial charge >= 0.3 is 7.60 Å². The molecule has 28 heavy (non-hydrogen) atoms. The average molecular weight is 419 g/mol. The number of unbranched alkanes of at least 4 members (excludes halogenated alkanes) is 15. The first-order valence-corrected chi connectivity index (χ1v) is 14.3. The zero-order valence-corrected chi connectivity index (χ0v) is 20.4. The minimum Gasteiger partial charge on any atom is -0.309 e.